The van der Waals surface area contributed by atoms with Crippen LogP contribution in [0.3, 0.4) is 0 Å². The highest BCUT2D eigenvalue weighted by Crippen LogP contribution is 2.52. The van der Waals surface area contributed by atoms with E-state index >= 15 is 4.39 Å². The third-order valence-corrected chi connectivity index (χ3v) is 8.16. The first kappa shape index (κ1) is 27.7. The van der Waals surface area contributed by atoms with Gasteiger partial charge in [-0.25, -0.2) is 4.39 Å². The first-order chi connectivity index (χ1) is 20.2. The van der Waals surface area contributed by atoms with E-state index in [1.165, 1.54) is 34.2 Å². The van der Waals surface area contributed by atoms with Gasteiger partial charge in [-0.2, -0.15) is 10.4 Å². The molecule has 1 aliphatic heterocycles. The molecule has 9 nitrogen and oxygen atoms in total. The van der Waals surface area contributed by atoms with Gasteiger partial charge in [0.15, 0.2) is 11.5 Å². The molecule has 3 heterocycles. The number of ketones is 1. The lowest BCUT2D eigenvalue weighted by molar-refractivity contribution is -0.130. The molecule has 0 spiro atoms. The number of benzene rings is 2. The molecule has 6 rings (SSSR count). The Morgan fingerprint density at radius 2 is 1.93 bits per heavy atom. The van der Waals surface area contributed by atoms with Gasteiger partial charge in [0.2, 0.25) is 0 Å². The average Bonchev–Trinajstić information content (AvgIpc) is 3.59. The summed E-state index contributed by atoms with van der Waals surface area (Å²) in [6, 6.07) is 14.3. The number of hydrogen-bond acceptors (Lipinski definition) is 7. The maximum absolute atomic E-state index is 16.4. The Morgan fingerprint density at radius 1 is 1.17 bits per heavy atom. The number of ether oxygens (including phenoxy) is 1. The van der Waals surface area contributed by atoms with Gasteiger partial charge in [-0.3, -0.25) is 24.2 Å². The standard InChI is InChI=1S/C31H25ClFN5O4/c1-37-15-21(14-36-37)28(40)20-10-25-27(26(33)11-20)31(22-3-5-23(32)6-4-22,42-18-30(17-39)8-9-30)38(29(25)41)16-24-7-2-19(12-34)13-35-24/h2-7,10-11,13-15,39H,8-9,16-18H2,1H3/t31-/m1/s1. The summed E-state index contributed by atoms with van der Waals surface area (Å²) in [4.78, 5) is 33.2. The van der Waals surface area contributed by atoms with Gasteiger partial charge in [-0.15, -0.1) is 0 Å². The third kappa shape index (κ3) is 4.65. The van der Waals surface area contributed by atoms with Crippen LogP contribution in [-0.4, -0.2) is 49.7 Å². The summed E-state index contributed by atoms with van der Waals surface area (Å²) in [6.45, 7) is -0.173. The second-order valence-electron chi connectivity index (χ2n) is 10.8. The molecule has 4 aromatic rings. The van der Waals surface area contributed by atoms with Crippen molar-refractivity contribution in [3.05, 3.63) is 117 Å². The Labute approximate surface area is 245 Å². The number of hydrogen-bond donors (Lipinski definition) is 1. The zero-order chi connectivity index (χ0) is 29.6. The van der Waals surface area contributed by atoms with E-state index in [0.29, 0.717) is 21.8 Å². The lowest BCUT2D eigenvalue weighted by atomic mass is 9.90. The van der Waals surface area contributed by atoms with Crippen molar-refractivity contribution < 1.29 is 23.8 Å². The summed E-state index contributed by atoms with van der Waals surface area (Å²) >= 11 is 6.21. The summed E-state index contributed by atoms with van der Waals surface area (Å²) in [6.07, 6.45) is 5.73. The number of aromatic nitrogens is 3. The van der Waals surface area contributed by atoms with Crippen LogP contribution < -0.4 is 0 Å². The van der Waals surface area contributed by atoms with Crippen molar-refractivity contribution >= 4 is 23.3 Å². The minimum atomic E-state index is -1.77. The number of halogens is 2. The Balaban J connectivity index is 1.54. The van der Waals surface area contributed by atoms with E-state index in [9.17, 15) is 20.0 Å². The van der Waals surface area contributed by atoms with E-state index in [0.717, 1.165) is 18.9 Å². The first-order valence-corrected chi connectivity index (χ1v) is 13.6. The first-order valence-electron chi connectivity index (χ1n) is 13.2. The van der Waals surface area contributed by atoms with Gasteiger partial charge < -0.3 is 9.84 Å². The van der Waals surface area contributed by atoms with Gasteiger partial charge in [0.05, 0.1) is 53.9 Å². The fourth-order valence-corrected chi connectivity index (χ4v) is 5.43. The number of aliphatic hydroxyl groups excluding tert-OH is 1. The van der Waals surface area contributed by atoms with Crippen LogP contribution in [0, 0.1) is 22.6 Å². The van der Waals surface area contributed by atoms with E-state index in [1.807, 2.05) is 6.07 Å². The summed E-state index contributed by atoms with van der Waals surface area (Å²) in [5.41, 5.74) is -0.880. The molecule has 0 bridgehead atoms. The highest BCUT2D eigenvalue weighted by atomic mass is 35.5. The van der Waals surface area contributed by atoms with E-state index < -0.39 is 28.6 Å². The van der Waals surface area contributed by atoms with Crippen LogP contribution in [0.2, 0.25) is 5.02 Å². The monoisotopic (exact) mass is 585 g/mol. The number of fused-ring (bicyclic) bond motifs is 1. The minimum absolute atomic E-state index is 0.00928. The van der Waals surface area contributed by atoms with E-state index in [1.54, 1.807) is 43.4 Å². The van der Waals surface area contributed by atoms with E-state index in [2.05, 4.69) is 10.1 Å². The molecule has 1 N–H and O–H groups in total. The van der Waals surface area contributed by atoms with Gasteiger partial charge in [0.1, 0.15) is 11.9 Å². The zero-order valence-corrected chi connectivity index (χ0v) is 23.3. The van der Waals surface area contributed by atoms with Crippen LogP contribution in [0.1, 0.15) is 61.5 Å². The van der Waals surface area contributed by atoms with E-state index in [-0.39, 0.29) is 42.0 Å². The molecule has 11 heteroatoms. The predicted octanol–water partition coefficient (Wildman–Crippen LogP) is 4.36. The maximum Gasteiger partial charge on any atom is 0.257 e. The molecule has 2 aromatic heterocycles. The normalized spacial score (nSPS) is 18.5. The predicted molar refractivity (Wildman–Crippen MR) is 149 cm³/mol. The molecule has 1 atom stereocenters. The number of rotatable bonds is 9. The summed E-state index contributed by atoms with van der Waals surface area (Å²) in [5, 5.41) is 23.7. The fourth-order valence-electron chi connectivity index (χ4n) is 5.30. The lowest BCUT2D eigenvalue weighted by Crippen LogP contribution is -2.48. The Bertz CT molecular complexity index is 1740. The number of amides is 1. The Kier molecular flexibility index (Phi) is 6.89. The van der Waals surface area contributed by atoms with Gasteiger partial charge in [0.25, 0.3) is 5.91 Å². The van der Waals surface area contributed by atoms with Crippen LogP contribution in [0.25, 0.3) is 0 Å². The Morgan fingerprint density at radius 3 is 2.52 bits per heavy atom. The molecule has 2 aromatic carbocycles. The molecule has 1 fully saturated rings. The molecule has 1 aliphatic carbocycles. The lowest BCUT2D eigenvalue weighted by Gasteiger charge is -2.40. The molecule has 42 heavy (non-hydrogen) atoms. The van der Waals surface area contributed by atoms with E-state index in [4.69, 9.17) is 16.3 Å². The molecular formula is C31H25ClFN5O4. The van der Waals surface area contributed by atoms with Crippen LogP contribution >= 0.6 is 11.6 Å². The molecule has 0 radical (unpaired) electrons. The number of carbonyl (C=O) groups is 2. The zero-order valence-electron chi connectivity index (χ0n) is 22.6. The molecule has 0 saturated heterocycles. The minimum Gasteiger partial charge on any atom is -0.396 e. The van der Waals surface area contributed by atoms with Crippen molar-refractivity contribution in [2.24, 2.45) is 12.5 Å². The average molecular weight is 586 g/mol. The van der Waals surface area contributed by atoms with Gasteiger partial charge in [-0.1, -0.05) is 23.7 Å². The number of aryl methyl sites for hydroxylation is 1. The largest absolute Gasteiger partial charge is 0.396 e. The van der Waals surface area contributed by atoms with Crippen molar-refractivity contribution in [1.82, 2.24) is 19.7 Å². The molecule has 1 saturated carbocycles. The van der Waals surface area contributed by atoms with Crippen molar-refractivity contribution in [2.75, 3.05) is 13.2 Å². The highest BCUT2D eigenvalue weighted by molar-refractivity contribution is 6.30. The van der Waals surface area contributed by atoms with Crippen LogP contribution in [0.4, 0.5) is 4.39 Å². The highest BCUT2D eigenvalue weighted by Gasteiger charge is 2.56. The second-order valence-corrected chi connectivity index (χ2v) is 11.2. The van der Waals surface area contributed by atoms with Gasteiger partial charge in [-0.05, 0) is 49.2 Å². The van der Waals surface area contributed by atoms with Crippen LogP contribution in [0.15, 0.2) is 67.1 Å². The van der Waals surface area contributed by atoms with Crippen molar-refractivity contribution in [3.63, 3.8) is 0 Å². The number of carbonyl (C=O) groups excluding carboxylic acids is 2. The number of pyridine rings is 1. The van der Waals surface area contributed by atoms with Crippen molar-refractivity contribution in [1.29, 1.82) is 5.26 Å². The third-order valence-electron chi connectivity index (χ3n) is 7.90. The molecular weight excluding hydrogens is 561 g/mol. The summed E-state index contributed by atoms with van der Waals surface area (Å²) < 4.78 is 24.5. The van der Waals surface area contributed by atoms with Crippen molar-refractivity contribution in [3.8, 4) is 6.07 Å². The number of nitrogens with zero attached hydrogens (tertiary/aromatic N) is 5. The van der Waals surface area contributed by atoms with Crippen LogP contribution in [0.5, 0.6) is 0 Å². The topological polar surface area (TPSA) is 121 Å². The second kappa shape index (κ2) is 10.4. The number of aliphatic hydroxyl groups is 1. The molecule has 2 aliphatic rings. The quantitative estimate of drug-likeness (QED) is 0.290. The number of nitriles is 1. The summed E-state index contributed by atoms with van der Waals surface area (Å²) in [5.74, 6) is -1.85. The maximum atomic E-state index is 16.4. The van der Waals surface area contributed by atoms with Crippen molar-refractivity contribution in [2.45, 2.75) is 25.1 Å². The Hall–Kier alpha value is -4.43. The van der Waals surface area contributed by atoms with Gasteiger partial charge >= 0.3 is 0 Å². The smallest absolute Gasteiger partial charge is 0.257 e. The van der Waals surface area contributed by atoms with Gasteiger partial charge in [0, 0.05) is 41.0 Å². The molecule has 1 amide bonds. The fraction of sp³-hybridized carbons (Fsp3) is 0.258. The SMILES string of the molecule is Cn1cc(C(=O)c2cc(F)c3c(c2)C(=O)N(Cc2ccc(C#N)cn2)[C@@]3(OCC2(CO)CC2)c2ccc(Cl)cc2)cn1. The van der Waals surface area contributed by atoms with Crippen LogP contribution in [-0.2, 0) is 24.1 Å². The summed E-state index contributed by atoms with van der Waals surface area (Å²) in [7, 11) is 1.66. The molecule has 212 valence electrons. The molecule has 0 unspecified atom stereocenters.